The highest BCUT2D eigenvalue weighted by Gasteiger charge is 2.14. The highest BCUT2D eigenvalue weighted by atomic mass is 79.9. The second kappa shape index (κ2) is 7.00. The van der Waals surface area contributed by atoms with E-state index < -0.39 is 0 Å². The van der Waals surface area contributed by atoms with Crippen LogP contribution in [0.5, 0.6) is 11.5 Å². The number of benzene rings is 1. The lowest BCUT2D eigenvalue weighted by Crippen LogP contribution is -2.21. The molecule has 1 unspecified atom stereocenters. The molecule has 0 fully saturated rings. The number of rotatable bonds is 6. The number of hydrogen-bond acceptors (Lipinski definition) is 3. The van der Waals surface area contributed by atoms with E-state index in [1.165, 1.54) is 0 Å². The molecule has 0 spiro atoms. The summed E-state index contributed by atoms with van der Waals surface area (Å²) in [6, 6.07) is 4.23. The molecule has 1 aromatic rings. The molecule has 1 rings (SSSR count). The van der Waals surface area contributed by atoms with Gasteiger partial charge in [-0.15, -0.1) is 0 Å². The maximum absolute atomic E-state index is 5.98. The molecule has 0 amide bonds. The number of halogens is 1. The lowest BCUT2D eigenvalue weighted by atomic mass is 10.0. The Labute approximate surface area is 118 Å². The van der Waals surface area contributed by atoms with Gasteiger partial charge >= 0.3 is 0 Å². The standard InChI is InChI=1S/C14H22BrNO2/c1-5-11(16)6-10-7-12(15)14(18-9(2)3)13(8-10)17-4/h7-9,11H,5-6,16H2,1-4H3. The topological polar surface area (TPSA) is 44.5 Å². The van der Waals surface area contributed by atoms with Gasteiger partial charge in [0.05, 0.1) is 17.7 Å². The lowest BCUT2D eigenvalue weighted by Gasteiger charge is -2.17. The van der Waals surface area contributed by atoms with Crippen molar-refractivity contribution in [2.24, 2.45) is 5.73 Å². The zero-order valence-electron chi connectivity index (χ0n) is 11.5. The van der Waals surface area contributed by atoms with E-state index in [1.54, 1.807) is 7.11 Å². The van der Waals surface area contributed by atoms with Gasteiger partial charge in [0.2, 0.25) is 0 Å². The number of nitrogens with two attached hydrogens (primary N) is 1. The highest BCUT2D eigenvalue weighted by Crippen LogP contribution is 2.37. The van der Waals surface area contributed by atoms with Crippen molar-refractivity contribution < 1.29 is 9.47 Å². The van der Waals surface area contributed by atoms with E-state index in [0.29, 0.717) is 0 Å². The van der Waals surface area contributed by atoms with Crippen molar-refractivity contribution in [3.8, 4) is 11.5 Å². The minimum absolute atomic E-state index is 0.110. The predicted molar refractivity (Wildman–Crippen MR) is 78.4 cm³/mol. The van der Waals surface area contributed by atoms with Crippen LogP contribution in [0.3, 0.4) is 0 Å². The third kappa shape index (κ3) is 4.18. The summed E-state index contributed by atoms with van der Waals surface area (Å²) < 4.78 is 12.0. The Morgan fingerprint density at radius 2 is 2.00 bits per heavy atom. The second-order valence-electron chi connectivity index (χ2n) is 4.65. The number of hydrogen-bond donors (Lipinski definition) is 1. The predicted octanol–water partition coefficient (Wildman–Crippen LogP) is 3.52. The average Bonchev–Trinajstić information content (AvgIpc) is 2.31. The van der Waals surface area contributed by atoms with Gasteiger partial charge in [-0.1, -0.05) is 6.92 Å². The molecule has 0 saturated heterocycles. The molecular weight excluding hydrogens is 294 g/mol. The third-order valence-corrected chi connectivity index (χ3v) is 3.25. The lowest BCUT2D eigenvalue weighted by molar-refractivity contribution is 0.228. The van der Waals surface area contributed by atoms with Gasteiger partial charge < -0.3 is 15.2 Å². The van der Waals surface area contributed by atoms with E-state index in [2.05, 4.69) is 28.9 Å². The van der Waals surface area contributed by atoms with Crippen LogP contribution in [-0.2, 0) is 6.42 Å². The van der Waals surface area contributed by atoms with Crippen LogP contribution in [0.2, 0.25) is 0 Å². The minimum atomic E-state index is 0.110. The van der Waals surface area contributed by atoms with Crippen molar-refractivity contribution in [2.75, 3.05) is 7.11 Å². The van der Waals surface area contributed by atoms with Crippen LogP contribution in [0.4, 0.5) is 0 Å². The molecule has 0 aliphatic heterocycles. The summed E-state index contributed by atoms with van der Waals surface area (Å²) in [5.74, 6) is 1.50. The summed E-state index contributed by atoms with van der Waals surface area (Å²) in [4.78, 5) is 0. The molecule has 0 aliphatic carbocycles. The fourth-order valence-corrected chi connectivity index (χ4v) is 2.27. The summed E-state index contributed by atoms with van der Waals surface area (Å²) >= 11 is 3.53. The molecule has 2 N–H and O–H groups in total. The maximum Gasteiger partial charge on any atom is 0.175 e. The van der Waals surface area contributed by atoms with Gasteiger partial charge in [0.15, 0.2) is 11.5 Å². The average molecular weight is 316 g/mol. The molecule has 1 aromatic carbocycles. The summed E-state index contributed by atoms with van der Waals surface area (Å²) in [7, 11) is 1.65. The smallest absolute Gasteiger partial charge is 0.175 e. The molecule has 0 saturated carbocycles. The third-order valence-electron chi connectivity index (χ3n) is 2.67. The number of ether oxygens (including phenoxy) is 2. The fraction of sp³-hybridized carbons (Fsp3) is 0.571. The molecule has 0 aliphatic rings. The van der Waals surface area contributed by atoms with Gasteiger partial charge in [0.25, 0.3) is 0 Å². The van der Waals surface area contributed by atoms with Crippen molar-refractivity contribution in [1.82, 2.24) is 0 Å². The first-order valence-electron chi connectivity index (χ1n) is 6.26. The van der Waals surface area contributed by atoms with Gasteiger partial charge in [0.1, 0.15) is 0 Å². The van der Waals surface area contributed by atoms with E-state index in [4.69, 9.17) is 15.2 Å². The maximum atomic E-state index is 5.98. The largest absolute Gasteiger partial charge is 0.493 e. The van der Waals surface area contributed by atoms with Gasteiger partial charge in [-0.05, 0) is 60.3 Å². The van der Waals surface area contributed by atoms with Crippen LogP contribution in [0.15, 0.2) is 16.6 Å². The monoisotopic (exact) mass is 315 g/mol. The number of methoxy groups -OCH3 is 1. The fourth-order valence-electron chi connectivity index (χ4n) is 1.69. The molecule has 0 heterocycles. The summed E-state index contributed by atoms with van der Waals surface area (Å²) in [6.07, 6.45) is 1.91. The molecule has 0 aromatic heterocycles. The highest BCUT2D eigenvalue weighted by molar-refractivity contribution is 9.10. The van der Waals surface area contributed by atoms with Gasteiger partial charge in [0, 0.05) is 6.04 Å². The zero-order valence-corrected chi connectivity index (χ0v) is 13.1. The van der Waals surface area contributed by atoms with Crippen molar-refractivity contribution in [3.63, 3.8) is 0 Å². The molecule has 102 valence electrons. The van der Waals surface area contributed by atoms with E-state index in [-0.39, 0.29) is 12.1 Å². The first-order chi connectivity index (χ1) is 8.47. The summed E-state index contributed by atoms with van der Waals surface area (Å²) in [6.45, 7) is 6.08. The van der Waals surface area contributed by atoms with E-state index in [1.807, 2.05) is 19.9 Å². The minimum Gasteiger partial charge on any atom is -0.493 e. The molecule has 0 radical (unpaired) electrons. The van der Waals surface area contributed by atoms with Crippen molar-refractivity contribution in [2.45, 2.75) is 45.8 Å². The summed E-state index contributed by atoms with van der Waals surface area (Å²) in [5.41, 5.74) is 7.13. The molecule has 1 atom stereocenters. The molecule has 0 bridgehead atoms. The van der Waals surface area contributed by atoms with E-state index in [9.17, 15) is 0 Å². The molecule has 3 nitrogen and oxygen atoms in total. The van der Waals surface area contributed by atoms with Crippen LogP contribution >= 0.6 is 15.9 Å². The van der Waals surface area contributed by atoms with Crippen molar-refractivity contribution in [3.05, 3.63) is 22.2 Å². The van der Waals surface area contributed by atoms with E-state index >= 15 is 0 Å². The summed E-state index contributed by atoms with van der Waals surface area (Å²) in [5, 5.41) is 0. The van der Waals surface area contributed by atoms with E-state index in [0.717, 1.165) is 34.4 Å². The van der Waals surface area contributed by atoms with Crippen LogP contribution in [0.1, 0.15) is 32.8 Å². The first kappa shape index (κ1) is 15.3. The normalized spacial score (nSPS) is 12.6. The Bertz CT molecular complexity index is 394. The Kier molecular flexibility index (Phi) is 5.96. The van der Waals surface area contributed by atoms with Crippen LogP contribution in [-0.4, -0.2) is 19.3 Å². The van der Waals surface area contributed by atoms with Crippen LogP contribution < -0.4 is 15.2 Å². The SMILES string of the molecule is CCC(N)Cc1cc(Br)c(OC(C)C)c(OC)c1. The van der Waals surface area contributed by atoms with Crippen LogP contribution in [0.25, 0.3) is 0 Å². The van der Waals surface area contributed by atoms with Gasteiger partial charge in [-0.25, -0.2) is 0 Å². The zero-order chi connectivity index (χ0) is 13.7. The van der Waals surface area contributed by atoms with Crippen molar-refractivity contribution in [1.29, 1.82) is 0 Å². The Hall–Kier alpha value is -0.740. The molecule has 18 heavy (non-hydrogen) atoms. The van der Waals surface area contributed by atoms with Crippen molar-refractivity contribution >= 4 is 15.9 Å². The quantitative estimate of drug-likeness (QED) is 0.873. The Morgan fingerprint density at radius 3 is 2.50 bits per heavy atom. The van der Waals surface area contributed by atoms with Crippen LogP contribution in [0, 0.1) is 0 Å². The molecular formula is C14H22BrNO2. The Morgan fingerprint density at radius 1 is 1.33 bits per heavy atom. The second-order valence-corrected chi connectivity index (χ2v) is 5.50. The molecule has 4 heteroatoms. The van der Waals surface area contributed by atoms with Gasteiger partial charge in [-0.2, -0.15) is 0 Å². The van der Waals surface area contributed by atoms with Gasteiger partial charge in [-0.3, -0.25) is 0 Å². The first-order valence-corrected chi connectivity index (χ1v) is 7.05. The Balaban J connectivity index is 3.02.